The van der Waals surface area contributed by atoms with Gasteiger partial charge in [-0.15, -0.1) is 0 Å². The Bertz CT molecular complexity index is 888. The molecule has 0 spiro atoms. The maximum absolute atomic E-state index is 12.8. The Kier molecular flexibility index (Phi) is 3.96. The summed E-state index contributed by atoms with van der Waals surface area (Å²) < 4.78 is 11.6. The van der Waals surface area contributed by atoms with Crippen LogP contribution in [0.25, 0.3) is 11.0 Å². The van der Waals surface area contributed by atoms with Gasteiger partial charge in [-0.05, 0) is 18.9 Å². The van der Waals surface area contributed by atoms with Crippen LogP contribution in [0, 0.1) is 10.1 Å². The number of benzene rings is 1. The van der Waals surface area contributed by atoms with Gasteiger partial charge in [0.25, 0.3) is 5.52 Å². The summed E-state index contributed by atoms with van der Waals surface area (Å²) in [7, 11) is 0. The number of hydrogen-bond acceptors (Lipinski definition) is 6. The SMILES string of the molecule is CC(=O)OC1CCC(OC(C)=O)c2c1n([O-])c1ccccc1[n+]2=O. The number of para-hydroxylation sites is 2. The van der Waals surface area contributed by atoms with E-state index >= 15 is 0 Å². The van der Waals surface area contributed by atoms with Gasteiger partial charge in [0.05, 0.1) is 4.43 Å². The van der Waals surface area contributed by atoms with Crippen LogP contribution in [0.2, 0.25) is 0 Å². The first-order valence-corrected chi connectivity index (χ1v) is 7.52. The van der Waals surface area contributed by atoms with Crippen LogP contribution < -0.4 is 4.43 Å². The number of aromatic nitrogens is 2. The zero-order valence-corrected chi connectivity index (χ0v) is 13.2. The zero-order chi connectivity index (χ0) is 17.4. The van der Waals surface area contributed by atoms with Crippen LogP contribution in [-0.2, 0) is 19.1 Å². The molecule has 0 fully saturated rings. The maximum atomic E-state index is 12.8. The van der Waals surface area contributed by atoms with Crippen molar-refractivity contribution in [2.75, 3.05) is 0 Å². The highest BCUT2D eigenvalue weighted by Gasteiger charge is 2.41. The number of carbonyl (C=O) groups is 2. The van der Waals surface area contributed by atoms with Crippen LogP contribution in [0.3, 0.4) is 0 Å². The number of hydrogen-bond donors (Lipinski definition) is 0. The summed E-state index contributed by atoms with van der Waals surface area (Å²) in [5, 5.41) is 12.8. The van der Waals surface area contributed by atoms with Crippen LogP contribution in [0.4, 0.5) is 0 Å². The first-order valence-electron chi connectivity index (χ1n) is 7.52. The van der Waals surface area contributed by atoms with Gasteiger partial charge in [-0.2, -0.15) is 0 Å². The minimum absolute atomic E-state index is 0.0106. The van der Waals surface area contributed by atoms with Crippen molar-refractivity contribution in [2.45, 2.75) is 38.9 Å². The summed E-state index contributed by atoms with van der Waals surface area (Å²) in [6.45, 7) is 2.47. The third-order valence-corrected chi connectivity index (χ3v) is 3.94. The van der Waals surface area contributed by atoms with E-state index in [4.69, 9.17) is 9.47 Å². The standard InChI is InChI=1S/C16H16N2O6/c1-9(19)23-13-7-8-14(24-10(2)20)16-15(13)17(21)11-5-3-4-6-12(11)18(16)22/h3-6,13-14H,7-8H2,1-2H3. The van der Waals surface area contributed by atoms with E-state index in [9.17, 15) is 19.7 Å². The van der Waals surface area contributed by atoms with Crippen molar-refractivity contribution in [3.05, 3.63) is 45.8 Å². The third kappa shape index (κ3) is 2.60. The fraction of sp³-hybridized carbons (Fsp3) is 0.375. The molecule has 0 amide bonds. The molecule has 0 saturated carbocycles. The van der Waals surface area contributed by atoms with Gasteiger partial charge in [-0.3, -0.25) is 9.59 Å². The summed E-state index contributed by atoms with van der Waals surface area (Å²) in [5.74, 6) is -1.11. The summed E-state index contributed by atoms with van der Waals surface area (Å²) >= 11 is 0. The first-order chi connectivity index (χ1) is 11.4. The average Bonchev–Trinajstić information content (AvgIpc) is 2.53. The average molecular weight is 332 g/mol. The molecule has 24 heavy (non-hydrogen) atoms. The molecule has 1 aromatic heterocycles. The molecule has 0 bridgehead atoms. The zero-order valence-electron chi connectivity index (χ0n) is 13.2. The van der Waals surface area contributed by atoms with Crippen LogP contribution in [0.15, 0.2) is 24.3 Å². The number of fused-ring (bicyclic) bond motifs is 2. The number of ether oxygens (including phenoxy) is 2. The molecule has 1 aliphatic carbocycles. The van der Waals surface area contributed by atoms with E-state index in [1.54, 1.807) is 12.1 Å². The molecule has 1 heterocycles. The minimum atomic E-state index is -0.855. The topological polar surface area (TPSA) is 104 Å². The Hall–Kier alpha value is -2.90. The van der Waals surface area contributed by atoms with Crippen molar-refractivity contribution in [3.63, 3.8) is 0 Å². The Morgan fingerprint density at radius 3 is 2.38 bits per heavy atom. The molecule has 2 atom stereocenters. The van der Waals surface area contributed by atoms with E-state index in [0.717, 1.165) is 0 Å². The molecule has 3 rings (SSSR count). The molecule has 126 valence electrons. The summed E-state index contributed by atoms with van der Waals surface area (Å²) in [6.07, 6.45) is -1.14. The molecule has 0 aliphatic heterocycles. The van der Waals surface area contributed by atoms with Crippen LogP contribution in [-0.4, -0.2) is 16.7 Å². The van der Waals surface area contributed by atoms with Gasteiger partial charge >= 0.3 is 17.6 Å². The van der Waals surface area contributed by atoms with Gasteiger partial charge in [-0.25, -0.2) is 0 Å². The lowest BCUT2D eigenvalue weighted by molar-refractivity contribution is -0.484. The Morgan fingerprint density at radius 2 is 1.71 bits per heavy atom. The van der Waals surface area contributed by atoms with E-state index in [1.807, 2.05) is 0 Å². The normalized spacial score (nSPS) is 19.6. The van der Waals surface area contributed by atoms with Gasteiger partial charge in [-0.1, -0.05) is 12.1 Å². The lowest BCUT2D eigenvalue weighted by Gasteiger charge is -2.30. The highest BCUT2D eigenvalue weighted by atomic mass is 16.6. The molecule has 1 aromatic carbocycles. The van der Waals surface area contributed by atoms with Gasteiger partial charge < -0.3 is 19.4 Å². The Morgan fingerprint density at radius 1 is 1.12 bits per heavy atom. The van der Waals surface area contributed by atoms with Crippen molar-refractivity contribution in [1.29, 1.82) is 0 Å². The van der Waals surface area contributed by atoms with E-state index in [1.165, 1.54) is 26.0 Å². The van der Waals surface area contributed by atoms with Crippen LogP contribution in [0.1, 0.15) is 50.3 Å². The molecule has 8 heteroatoms. The van der Waals surface area contributed by atoms with Crippen LogP contribution in [0.5, 0.6) is 0 Å². The molecule has 2 aromatic rings. The van der Waals surface area contributed by atoms with Gasteiger partial charge in [0.15, 0.2) is 6.10 Å². The van der Waals surface area contributed by atoms with Crippen molar-refractivity contribution in [3.8, 4) is 0 Å². The number of esters is 2. The van der Waals surface area contributed by atoms with Crippen molar-refractivity contribution >= 4 is 23.0 Å². The molecule has 2 unspecified atom stereocenters. The summed E-state index contributed by atoms with van der Waals surface area (Å²) in [6, 6.07) is 6.29. The lowest BCUT2D eigenvalue weighted by Crippen LogP contribution is -2.36. The molecule has 1 aliphatic rings. The third-order valence-electron chi connectivity index (χ3n) is 3.94. The quantitative estimate of drug-likeness (QED) is 0.614. The molecule has 0 N–H and O–H groups in total. The molecule has 0 saturated heterocycles. The second-order valence-electron chi connectivity index (χ2n) is 5.62. The number of rotatable bonds is 2. The second-order valence-corrected chi connectivity index (χ2v) is 5.62. The highest BCUT2D eigenvalue weighted by molar-refractivity contribution is 5.73. The van der Waals surface area contributed by atoms with E-state index < -0.39 is 24.1 Å². The Balaban J connectivity index is 2.30. The lowest BCUT2D eigenvalue weighted by atomic mass is 9.94. The Labute approximate surface area is 136 Å². The largest absolute Gasteiger partial charge is 0.805 e. The minimum Gasteiger partial charge on any atom is -0.805 e. The molecular weight excluding hydrogens is 316 g/mol. The fourth-order valence-corrected chi connectivity index (χ4v) is 3.07. The van der Waals surface area contributed by atoms with E-state index in [2.05, 4.69) is 0 Å². The van der Waals surface area contributed by atoms with E-state index in [0.29, 0.717) is 9.16 Å². The van der Waals surface area contributed by atoms with Crippen molar-refractivity contribution in [2.24, 2.45) is 0 Å². The number of carbonyl (C=O) groups excluding carboxylic acids is 2. The first kappa shape index (κ1) is 16.0. The summed E-state index contributed by atoms with van der Waals surface area (Å²) in [4.78, 5) is 35.5. The second kappa shape index (κ2) is 5.95. The van der Waals surface area contributed by atoms with Crippen LogP contribution >= 0.6 is 0 Å². The predicted octanol–water partition coefficient (Wildman–Crippen LogP) is 1.90. The monoisotopic (exact) mass is 332 g/mol. The molecule has 8 nitrogen and oxygen atoms in total. The maximum Gasteiger partial charge on any atom is 0.303 e. The predicted molar refractivity (Wildman–Crippen MR) is 82.3 cm³/mol. The van der Waals surface area contributed by atoms with Crippen molar-refractivity contribution in [1.82, 2.24) is 4.73 Å². The molecule has 0 radical (unpaired) electrons. The summed E-state index contributed by atoms with van der Waals surface area (Å²) in [5.41, 5.74) is 0.339. The molecular formula is C16H16N2O6. The smallest absolute Gasteiger partial charge is 0.303 e. The number of nitrogens with zero attached hydrogens (tertiary/aromatic N) is 2. The van der Waals surface area contributed by atoms with E-state index in [-0.39, 0.29) is 35.3 Å². The van der Waals surface area contributed by atoms with Gasteiger partial charge in [0, 0.05) is 24.8 Å². The highest BCUT2D eigenvalue weighted by Crippen LogP contribution is 2.39. The van der Waals surface area contributed by atoms with Crippen molar-refractivity contribution < 1.29 is 23.5 Å². The van der Waals surface area contributed by atoms with Gasteiger partial charge in [0.1, 0.15) is 17.3 Å². The fourth-order valence-electron chi connectivity index (χ4n) is 3.07. The van der Waals surface area contributed by atoms with Gasteiger partial charge in [0.2, 0.25) is 0 Å².